The van der Waals surface area contributed by atoms with Crippen LogP contribution in [0.2, 0.25) is 0 Å². The van der Waals surface area contributed by atoms with Crippen molar-refractivity contribution >= 4 is 17.3 Å². The normalized spacial score (nSPS) is 11.5. The summed E-state index contributed by atoms with van der Waals surface area (Å²) in [5, 5.41) is 21.4. The fourth-order valence-electron chi connectivity index (χ4n) is 1.56. The zero-order valence-corrected chi connectivity index (χ0v) is 10.5. The standard InChI is InChI=1S/C12H11F2N3O3/c1-2-3-7(6-15)12(18)16-11-9(17(19)20)5-4-8(13)10(11)14/h4-5,7H,2-3H2,1H3,(H,16,18). The van der Waals surface area contributed by atoms with Gasteiger partial charge in [-0.2, -0.15) is 5.26 Å². The number of carbonyl (C=O) groups excluding carboxylic acids is 1. The van der Waals surface area contributed by atoms with Gasteiger partial charge in [0, 0.05) is 6.07 Å². The average Bonchev–Trinajstić information content (AvgIpc) is 2.40. The van der Waals surface area contributed by atoms with Crippen LogP contribution in [-0.2, 0) is 4.79 Å². The lowest BCUT2D eigenvalue weighted by atomic mass is 10.0. The average molecular weight is 283 g/mol. The van der Waals surface area contributed by atoms with Crippen molar-refractivity contribution in [3.05, 3.63) is 33.9 Å². The second-order valence-electron chi connectivity index (χ2n) is 3.97. The maximum absolute atomic E-state index is 13.6. The molecule has 0 spiro atoms. The van der Waals surface area contributed by atoms with E-state index in [1.165, 1.54) is 0 Å². The number of hydrogen-bond donors (Lipinski definition) is 1. The van der Waals surface area contributed by atoms with Crippen LogP contribution in [0.15, 0.2) is 12.1 Å². The number of benzene rings is 1. The molecule has 0 radical (unpaired) electrons. The van der Waals surface area contributed by atoms with E-state index in [1.807, 2.05) is 5.32 Å². The Hall–Kier alpha value is -2.56. The van der Waals surface area contributed by atoms with Gasteiger partial charge in [0.25, 0.3) is 5.69 Å². The van der Waals surface area contributed by atoms with E-state index < -0.39 is 39.8 Å². The molecule has 1 atom stereocenters. The van der Waals surface area contributed by atoms with Crippen LogP contribution in [0.1, 0.15) is 19.8 Å². The number of nitrogens with one attached hydrogen (secondary N) is 1. The van der Waals surface area contributed by atoms with Crippen molar-refractivity contribution in [3.8, 4) is 6.07 Å². The highest BCUT2D eigenvalue weighted by molar-refractivity contribution is 5.96. The number of nitro groups is 1. The zero-order chi connectivity index (χ0) is 15.3. The molecule has 1 aromatic rings. The van der Waals surface area contributed by atoms with Crippen LogP contribution >= 0.6 is 0 Å². The second kappa shape index (κ2) is 6.56. The Labute approximate surface area is 113 Å². The molecule has 0 bridgehead atoms. The molecule has 1 aromatic carbocycles. The van der Waals surface area contributed by atoms with Crippen molar-refractivity contribution in [2.75, 3.05) is 5.32 Å². The molecule has 106 valence electrons. The van der Waals surface area contributed by atoms with Crippen molar-refractivity contribution in [2.45, 2.75) is 19.8 Å². The number of nitro benzene ring substituents is 1. The van der Waals surface area contributed by atoms with E-state index in [0.717, 1.165) is 6.07 Å². The summed E-state index contributed by atoms with van der Waals surface area (Å²) in [6.45, 7) is 1.74. The third-order valence-electron chi connectivity index (χ3n) is 2.57. The summed E-state index contributed by atoms with van der Waals surface area (Å²) in [4.78, 5) is 21.5. The molecule has 1 amide bonds. The molecule has 1 N–H and O–H groups in total. The minimum absolute atomic E-state index is 0.215. The Morgan fingerprint density at radius 3 is 2.70 bits per heavy atom. The number of hydrogen-bond acceptors (Lipinski definition) is 4. The van der Waals surface area contributed by atoms with Crippen LogP contribution in [0.5, 0.6) is 0 Å². The Bertz CT molecular complexity index is 584. The van der Waals surface area contributed by atoms with Crippen molar-refractivity contribution in [1.82, 2.24) is 0 Å². The predicted octanol–water partition coefficient (Wildman–Crippen LogP) is 2.75. The van der Waals surface area contributed by atoms with E-state index >= 15 is 0 Å². The van der Waals surface area contributed by atoms with Crippen LogP contribution in [0.4, 0.5) is 20.2 Å². The van der Waals surface area contributed by atoms with Crippen LogP contribution < -0.4 is 5.32 Å². The topological polar surface area (TPSA) is 96.0 Å². The summed E-state index contributed by atoms with van der Waals surface area (Å²) in [6, 6.07) is 3.05. The van der Waals surface area contributed by atoms with Crippen molar-refractivity contribution < 1.29 is 18.5 Å². The van der Waals surface area contributed by atoms with Gasteiger partial charge >= 0.3 is 0 Å². The number of halogens is 2. The van der Waals surface area contributed by atoms with Gasteiger partial charge in [0.1, 0.15) is 5.92 Å². The third-order valence-corrected chi connectivity index (χ3v) is 2.57. The quantitative estimate of drug-likeness (QED) is 0.663. The summed E-state index contributed by atoms with van der Waals surface area (Å²) in [5.41, 5.74) is -1.64. The molecule has 0 heterocycles. The van der Waals surface area contributed by atoms with Crippen LogP contribution in [-0.4, -0.2) is 10.8 Å². The van der Waals surface area contributed by atoms with E-state index in [4.69, 9.17) is 5.26 Å². The summed E-state index contributed by atoms with van der Waals surface area (Å²) >= 11 is 0. The lowest BCUT2D eigenvalue weighted by molar-refractivity contribution is -0.384. The number of rotatable bonds is 5. The molecule has 0 aliphatic carbocycles. The van der Waals surface area contributed by atoms with Crippen molar-refractivity contribution in [3.63, 3.8) is 0 Å². The lowest BCUT2D eigenvalue weighted by Crippen LogP contribution is -2.23. The number of nitriles is 1. The molecule has 0 aliphatic rings. The molecule has 20 heavy (non-hydrogen) atoms. The van der Waals surface area contributed by atoms with Gasteiger partial charge in [-0.05, 0) is 12.5 Å². The summed E-state index contributed by atoms with van der Waals surface area (Å²) < 4.78 is 26.6. The molecule has 1 unspecified atom stereocenters. The van der Waals surface area contributed by atoms with Gasteiger partial charge in [0.05, 0.1) is 11.0 Å². The first-order valence-electron chi connectivity index (χ1n) is 5.75. The smallest absolute Gasteiger partial charge is 0.296 e. The Morgan fingerprint density at radius 1 is 1.55 bits per heavy atom. The maximum Gasteiger partial charge on any atom is 0.296 e. The molecular formula is C12H11F2N3O3. The number of amides is 1. The highest BCUT2D eigenvalue weighted by Crippen LogP contribution is 2.29. The fourth-order valence-corrected chi connectivity index (χ4v) is 1.56. The Morgan fingerprint density at radius 2 is 2.20 bits per heavy atom. The second-order valence-corrected chi connectivity index (χ2v) is 3.97. The van der Waals surface area contributed by atoms with Gasteiger partial charge in [0.2, 0.25) is 5.91 Å². The first kappa shape index (κ1) is 15.5. The molecular weight excluding hydrogens is 272 g/mol. The van der Waals surface area contributed by atoms with Gasteiger partial charge in [-0.25, -0.2) is 8.78 Å². The molecule has 6 nitrogen and oxygen atoms in total. The number of nitrogens with zero attached hydrogens (tertiary/aromatic N) is 2. The summed E-state index contributed by atoms with van der Waals surface area (Å²) in [7, 11) is 0. The minimum atomic E-state index is -1.53. The highest BCUT2D eigenvalue weighted by Gasteiger charge is 2.26. The SMILES string of the molecule is CCCC(C#N)C(=O)Nc1c([N+](=O)[O-])ccc(F)c1F. The van der Waals surface area contributed by atoms with E-state index in [0.29, 0.717) is 12.5 Å². The van der Waals surface area contributed by atoms with Gasteiger partial charge in [-0.3, -0.25) is 14.9 Å². The Balaban J connectivity index is 3.14. The fraction of sp³-hybridized carbons (Fsp3) is 0.333. The molecule has 8 heteroatoms. The van der Waals surface area contributed by atoms with E-state index in [9.17, 15) is 23.7 Å². The summed E-state index contributed by atoms with van der Waals surface area (Å²) in [6.07, 6.45) is 0.742. The minimum Gasteiger partial charge on any atom is -0.317 e. The first-order valence-corrected chi connectivity index (χ1v) is 5.75. The largest absolute Gasteiger partial charge is 0.317 e. The molecule has 0 fully saturated rings. The molecule has 0 aromatic heterocycles. The van der Waals surface area contributed by atoms with Crippen LogP contribution in [0.25, 0.3) is 0 Å². The van der Waals surface area contributed by atoms with Crippen LogP contribution in [0.3, 0.4) is 0 Å². The number of anilines is 1. The van der Waals surface area contributed by atoms with Crippen LogP contribution in [0, 0.1) is 39.0 Å². The van der Waals surface area contributed by atoms with Crippen molar-refractivity contribution in [2.24, 2.45) is 5.92 Å². The first-order chi connectivity index (χ1) is 9.42. The monoisotopic (exact) mass is 283 g/mol. The lowest BCUT2D eigenvalue weighted by Gasteiger charge is -2.10. The third kappa shape index (κ3) is 3.26. The maximum atomic E-state index is 13.6. The molecule has 0 saturated heterocycles. The van der Waals surface area contributed by atoms with E-state index in [-0.39, 0.29) is 6.42 Å². The van der Waals surface area contributed by atoms with Gasteiger partial charge in [-0.15, -0.1) is 0 Å². The zero-order valence-electron chi connectivity index (χ0n) is 10.5. The summed E-state index contributed by atoms with van der Waals surface area (Å²) in [5.74, 6) is -4.83. The van der Waals surface area contributed by atoms with E-state index in [1.54, 1.807) is 13.0 Å². The Kier molecular flexibility index (Phi) is 5.08. The van der Waals surface area contributed by atoms with Gasteiger partial charge < -0.3 is 5.32 Å². The van der Waals surface area contributed by atoms with Crippen molar-refractivity contribution in [1.29, 1.82) is 5.26 Å². The number of carbonyl (C=O) groups is 1. The highest BCUT2D eigenvalue weighted by atomic mass is 19.2. The molecule has 0 aliphatic heterocycles. The predicted molar refractivity (Wildman–Crippen MR) is 65.7 cm³/mol. The van der Waals surface area contributed by atoms with Gasteiger partial charge in [0.15, 0.2) is 17.3 Å². The molecule has 1 rings (SSSR count). The van der Waals surface area contributed by atoms with E-state index in [2.05, 4.69) is 0 Å². The molecule has 0 saturated carbocycles. The van der Waals surface area contributed by atoms with Gasteiger partial charge in [-0.1, -0.05) is 13.3 Å².